The number of amides is 1. The van der Waals surface area contributed by atoms with Gasteiger partial charge in [-0.15, -0.1) is 0 Å². The van der Waals surface area contributed by atoms with E-state index in [0.29, 0.717) is 44.0 Å². The van der Waals surface area contributed by atoms with E-state index in [1.54, 1.807) is 12.1 Å². The van der Waals surface area contributed by atoms with Gasteiger partial charge in [-0.05, 0) is 62.1 Å². The molecule has 1 heterocycles. The molecule has 0 aliphatic carbocycles. The lowest BCUT2D eigenvalue weighted by atomic mass is 9.97. The van der Waals surface area contributed by atoms with E-state index in [2.05, 4.69) is 5.32 Å². The molecule has 1 aliphatic heterocycles. The molecule has 3 rings (SSSR count). The Labute approximate surface area is 172 Å². The van der Waals surface area contributed by atoms with Crippen LogP contribution in [0.3, 0.4) is 0 Å². The summed E-state index contributed by atoms with van der Waals surface area (Å²) in [7, 11) is -3.52. The Morgan fingerprint density at radius 2 is 1.76 bits per heavy atom. The Morgan fingerprint density at radius 1 is 1.07 bits per heavy atom. The van der Waals surface area contributed by atoms with Gasteiger partial charge in [0.1, 0.15) is 12.4 Å². The first-order valence-electron chi connectivity index (χ1n) is 9.91. The molecule has 0 atom stereocenters. The van der Waals surface area contributed by atoms with Crippen LogP contribution in [0.25, 0.3) is 0 Å². The number of nitrogens with zero attached hydrogens (tertiary/aromatic N) is 1. The topological polar surface area (TPSA) is 75.7 Å². The summed E-state index contributed by atoms with van der Waals surface area (Å²) in [5.74, 6) is 0.564. The van der Waals surface area contributed by atoms with Gasteiger partial charge in [0, 0.05) is 19.0 Å². The summed E-state index contributed by atoms with van der Waals surface area (Å²) in [5, 5.41) is 2.89. The lowest BCUT2D eigenvalue weighted by Crippen LogP contribution is -2.43. The van der Waals surface area contributed by atoms with E-state index in [0.717, 1.165) is 16.9 Å². The fraction of sp³-hybridized carbons (Fsp3) is 0.409. The molecule has 0 saturated carbocycles. The molecular formula is C22H28N2O4S. The summed E-state index contributed by atoms with van der Waals surface area (Å²) in [5.41, 5.74) is 2.02. The maximum absolute atomic E-state index is 12.9. The Morgan fingerprint density at radius 3 is 2.41 bits per heavy atom. The molecule has 0 radical (unpaired) electrons. The Kier molecular flexibility index (Phi) is 6.92. The van der Waals surface area contributed by atoms with Gasteiger partial charge in [0.15, 0.2) is 0 Å². The summed E-state index contributed by atoms with van der Waals surface area (Å²) < 4.78 is 32.8. The van der Waals surface area contributed by atoms with E-state index in [-0.39, 0.29) is 11.8 Å². The largest absolute Gasteiger partial charge is 0.492 e. The monoisotopic (exact) mass is 416 g/mol. The number of benzene rings is 2. The van der Waals surface area contributed by atoms with Crippen molar-refractivity contribution in [1.82, 2.24) is 9.62 Å². The van der Waals surface area contributed by atoms with Gasteiger partial charge in [-0.25, -0.2) is 8.42 Å². The number of hydrogen-bond donors (Lipinski definition) is 1. The van der Waals surface area contributed by atoms with Gasteiger partial charge in [0.25, 0.3) is 0 Å². The summed E-state index contributed by atoms with van der Waals surface area (Å²) in [6, 6.07) is 14.7. The van der Waals surface area contributed by atoms with Crippen LogP contribution in [0.5, 0.6) is 5.75 Å². The number of nitrogens with one attached hydrogen (secondary N) is 1. The first-order chi connectivity index (χ1) is 13.9. The Balaban J connectivity index is 1.46. The number of sulfonamides is 1. The molecule has 6 nitrogen and oxygen atoms in total. The normalized spacial score (nSPS) is 15.8. The van der Waals surface area contributed by atoms with Gasteiger partial charge >= 0.3 is 0 Å². The molecule has 1 aliphatic rings. The number of piperidine rings is 1. The van der Waals surface area contributed by atoms with Crippen LogP contribution < -0.4 is 10.1 Å². The smallest absolute Gasteiger partial charge is 0.243 e. The fourth-order valence-corrected chi connectivity index (χ4v) is 4.94. The lowest BCUT2D eigenvalue weighted by molar-refractivity contribution is -0.126. The first kappa shape index (κ1) is 21.3. The van der Waals surface area contributed by atoms with E-state index < -0.39 is 10.0 Å². The highest BCUT2D eigenvalue weighted by Gasteiger charge is 2.32. The van der Waals surface area contributed by atoms with Gasteiger partial charge in [-0.1, -0.05) is 24.3 Å². The minimum atomic E-state index is -3.52. The van der Waals surface area contributed by atoms with Crippen molar-refractivity contribution >= 4 is 15.9 Å². The Bertz CT molecular complexity index is 937. The highest BCUT2D eigenvalue weighted by Crippen LogP contribution is 2.25. The van der Waals surface area contributed by atoms with Crippen LogP contribution in [0.1, 0.15) is 24.0 Å². The van der Waals surface area contributed by atoms with Crippen molar-refractivity contribution in [2.24, 2.45) is 5.92 Å². The second-order valence-corrected chi connectivity index (χ2v) is 9.31. The molecule has 0 bridgehead atoms. The maximum Gasteiger partial charge on any atom is 0.243 e. The van der Waals surface area contributed by atoms with Crippen LogP contribution in [0.4, 0.5) is 0 Å². The van der Waals surface area contributed by atoms with E-state index >= 15 is 0 Å². The zero-order valence-electron chi connectivity index (χ0n) is 16.9. The molecule has 0 aromatic heterocycles. The van der Waals surface area contributed by atoms with Crippen molar-refractivity contribution in [3.63, 3.8) is 0 Å². The van der Waals surface area contributed by atoms with Crippen LogP contribution in [0, 0.1) is 19.8 Å². The summed E-state index contributed by atoms with van der Waals surface area (Å²) in [6.07, 6.45) is 1.05. The predicted molar refractivity (Wildman–Crippen MR) is 112 cm³/mol. The van der Waals surface area contributed by atoms with Gasteiger partial charge in [0.2, 0.25) is 15.9 Å². The zero-order valence-corrected chi connectivity index (χ0v) is 17.7. The van der Waals surface area contributed by atoms with Crippen LogP contribution in [-0.4, -0.2) is 44.9 Å². The third-order valence-electron chi connectivity index (χ3n) is 5.35. The molecule has 0 spiro atoms. The van der Waals surface area contributed by atoms with Crippen molar-refractivity contribution in [1.29, 1.82) is 0 Å². The minimum Gasteiger partial charge on any atom is -0.492 e. The van der Waals surface area contributed by atoms with Gasteiger partial charge in [-0.2, -0.15) is 4.31 Å². The minimum absolute atomic E-state index is 0.0371. The number of carbonyl (C=O) groups is 1. The second kappa shape index (κ2) is 9.41. The molecule has 1 saturated heterocycles. The van der Waals surface area contributed by atoms with Crippen LogP contribution >= 0.6 is 0 Å². The molecule has 1 N–H and O–H groups in total. The average Bonchev–Trinajstić information content (AvgIpc) is 2.74. The number of para-hydroxylation sites is 1. The predicted octanol–water partition coefficient (Wildman–Crippen LogP) is 2.90. The van der Waals surface area contributed by atoms with Crippen LogP contribution in [0.2, 0.25) is 0 Å². The summed E-state index contributed by atoms with van der Waals surface area (Å²) in [6.45, 7) is 5.40. The second-order valence-electron chi connectivity index (χ2n) is 7.38. The quantitative estimate of drug-likeness (QED) is 0.704. The van der Waals surface area contributed by atoms with Crippen molar-refractivity contribution in [2.75, 3.05) is 26.2 Å². The van der Waals surface area contributed by atoms with E-state index in [1.165, 1.54) is 4.31 Å². The number of carbonyl (C=O) groups excluding carboxylic acids is 1. The molecule has 7 heteroatoms. The average molecular weight is 417 g/mol. The summed E-state index contributed by atoms with van der Waals surface area (Å²) in [4.78, 5) is 12.7. The standard InChI is InChI=1S/C22H28N2O4S/c1-17-8-9-21(16-18(17)2)29(26,27)24-13-10-19(11-14-24)22(25)23-12-15-28-20-6-4-3-5-7-20/h3-9,16,19H,10-15H2,1-2H3,(H,23,25). The van der Waals surface area contributed by atoms with Crippen molar-refractivity contribution in [3.8, 4) is 5.75 Å². The fourth-order valence-electron chi connectivity index (χ4n) is 3.39. The van der Waals surface area contributed by atoms with E-state index in [1.807, 2.05) is 50.2 Å². The molecule has 1 fully saturated rings. The van der Waals surface area contributed by atoms with Crippen LogP contribution in [-0.2, 0) is 14.8 Å². The highest BCUT2D eigenvalue weighted by molar-refractivity contribution is 7.89. The summed E-state index contributed by atoms with van der Waals surface area (Å²) >= 11 is 0. The third-order valence-corrected chi connectivity index (χ3v) is 7.25. The molecule has 156 valence electrons. The number of aryl methyl sites for hydroxylation is 2. The van der Waals surface area contributed by atoms with E-state index in [4.69, 9.17) is 4.74 Å². The molecule has 2 aromatic carbocycles. The third kappa shape index (κ3) is 5.36. The first-order valence-corrected chi connectivity index (χ1v) is 11.3. The van der Waals surface area contributed by atoms with Crippen molar-refractivity contribution < 1.29 is 17.9 Å². The molecule has 1 amide bonds. The van der Waals surface area contributed by atoms with E-state index in [9.17, 15) is 13.2 Å². The zero-order chi connectivity index (χ0) is 20.9. The Hall–Kier alpha value is -2.38. The van der Waals surface area contributed by atoms with Gasteiger partial charge in [0.05, 0.1) is 11.4 Å². The maximum atomic E-state index is 12.9. The lowest BCUT2D eigenvalue weighted by Gasteiger charge is -2.30. The van der Waals surface area contributed by atoms with Gasteiger partial charge in [-0.3, -0.25) is 4.79 Å². The molecular weight excluding hydrogens is 388 g/mol. The molecule has 29 heavy (non-hydrogen) atoms. The van der Waals surface area contributed by atoms with Crippen molar-refractivity contribution in [3.05, 3.63) is 59.7 Å². The van der Waals surface area contributed by atoms with Crippen LogP contribution in [0.15, 0.2) is 53.4 Å². The SMILES string of the molecule is Cc1ccc(S(=O)(=O)N2CCC(C(=O)NCCOc3ccccc3)CC2)cc1C. The molecule has 2 aromatic rings. The molecule has 0 unspecified atom stereocenters. The van der Waals surface area contributed by atoms with Crippen molar-refractivity contribution in [2.45, 2.75) is 31.6 Å². The van der Waals surface area contributed by atoms with Gasteiger partial charge < -0.3 is 10.1 Å². The highest BCUT2D eigenvalue weighted by atomic mass is 32.2. The number of rotatable bonds is 7. The number of ether oxygens (including phenoxy) is 1. The number of hydrogen-bond acceptors (Lipinski definition) is 4.